The van der Waals surface area contributed by atoms with E-state index in [9.17, 15) is 14.3 Å². The number of allylic oxidation sites excluding steroid dienone is 14. The average Bonchev–Trinajstić information content (AvgIpc) is 3.22. The Morgan fingerprint density at radius 3 is 1.39 bits per heavy atom. The van der Waals surface area contributed by atoms with Crippen molar-refractivity contribution in [1.82, 2.24) is 0 Å². The number of quaternary nitrogens is 1. The van der Waals surface area contributed by atoms with Crippen LogP contribution in [0.1, 0.15) is 181 Å². The maximum absolute atomic E-state index is 12.7. The molecule has 1 N–H and O–H groups in total. The highest BCUT2D eigenvalue weighted by atomic mass is 31.2. The molecule has 61 heavy (non-hydrogen) atoms. The maximum Gasteiger partial charge on any atom is 0.472 e. The summed E-state index contributed by atoms with van der Waals surface area (Å²) in [6, 6.07) is 0. The summed E-state index contributed by atoms with van der Waals surface area (Å²) in [7, 11) is 1.63. The lowest BCUT2D eigenvalue weighted by Gasteiger charge is -2.24. The smallest absolute Gasteiger partial charge is 0.457 e. The molecule has 9 heteroatoms. The number of carbonyl (C=O) groups excluding carboxylic acids is 1. The van der Waals surface area contributed by atoms with Crippen molar-refractivity contribution in [3.63, 3.8) is 0 Å². The molecule has 0 aromatic carbocycles. The number of hydrogen-bond donors (Lipinski definition) is 1. The summed E-state index contributed by atoms with van der Waals surface area (Å²) in [4.78, 5) is 22.9. The van der Waals surface area contributed by atoms with Gasteiger partial charge in [-0.1, -0.05) is 189 Å². The molecular weight excluding hydrogens is 782 g/mol. The molecule has 0 saturated heterocycles. The fourth-order valence-corrected chi connectivity index (χ4v) is 6.98. The van der Waals surface area contributed by atoms with E-state index in [0.717, 1.165) is 83.5 Å². The molecule has 0 aliphatic carbocycles. The van der Waals surface area contributed by atoms with Crippen molar-refractivity contribution in [2.24, 2.45) is 0 Å². The van der Waals surface area contributed by atoms with Gasteiger partial charge in [-0.25, -0.2) is 4.57 Å². The molecule has 0 spiro atoms. The molecule has 8 nitrogen and oxygen atoms in total. The van der Waals surface area contributed by atoms with Crippen LogP contribution in [0.2, 0.25) is 0 Å². The molecule has 0 aliphatic heterocycles. The van der Waals surface area contributed by atoms with Crippen molar-refractivity contribution in [3.05, 3.63) is 85.1 Å². The number of unbranched alkanes of at least 4 members (excludes halogenated alkanes) is 16. The first-order valence-electron chi connectivity index (χ1n) is 24.3. The monoisotopic (exact) mass is 875 g/mol. The number of hydrogen-bond acceptors (Lipinski definition) is 6. The molecule has 0 aromatic heterocycles. The zero-order chi connectivity index (χ0) is 44.8. The molecule has 0 aromatic rings. The topological polar surface area (TPSA) is 91.3 Å². The molecular formula is C52H93NO7P+. The second kappa shape index (κ2) is 44.3. The van der Waals surface area contributed by atoms with Gasteiger partial charge in [-0.15, -0.1) is 0 Å². The predicted octanol–water partition coefficient (Wildman–Crippen LogP) is 14.8. The molecule has 0 fully saturated rings. The largest absolute Gasteiger partial charge is 0.472 e. The summed E-state index contributed by atoms with van der Waals surface area (Å²) in [5.41, 5.74) is 0. The van der Waals surface area contributed by atoms with Crippen LogP contribution in [0.15, 0.2) is 85.1 Å². The van der Waals surface area contributed by atoms with Crippen LogP contribution in [0.25, 0.3) is 0 Å². The van der Waals surface area contributed by atoms with Gasteiger partial charge in [0.15, 0.2) is 0 Å². The minimum Gasteiger partial charge on any atom is -0.457 e. The molecule has 2 unspecified atom stereocenters. The maximum atomic E-state index is 12.7. The molecule has 2 atom stereocenters. The third-order valence-corrected chi connectivity index (χ3v) is 11.0. The van der Waals surface area contributed by atoms with E-state index in [0.29, 0.717) is 24.1 Å². The van der Waals surface area contributed by atoms with Gasteiger partial charge >= 0.3 is 13.8 Å². The van der Waals surface area contributed by atoms with Crippen LogP contribution in [-0.4, -0.2) is 75.6 Å². The lowest BCUT2D eigenvalue weighted by atomic mass is 10.0. The molecule has 0 aliphatic rings. The number of ether oxygens (including phenoxy) is 2. The van der Waals surface area contributed by atoms with E-state index in [1.165, 1.54) is 77.0 Å². The summed E-state index contributed by atoms with van der Waals surface area (Å²) in [5.74, 6) is -0.331. The number of carbonyl (C=O) groups is 1. The fraction of sp³-hybridized carbons (Fsp3) is 0.712. The Hall–Kier alpha value is -2.32. The van der Waals surface area contributed by atoms with Gasteiger partial charge in [-0.2, -0.15) is 0 Å². The Bertz CT molecular complexity index is 1250. The zero-order valence-electron chi connectivity index (χ0n) is 39.9. The molecule has 0 bridgehead atoms. The Labute approximate surface area is 375 Å². The Morgan fingerprint density at radius 1 is 0.525 bits per heavy atom. The van der Waals surface area contributed by atoms with Gasteiger partial charge in [0.05, 0.1) is 34.4 Å². The van der Waals surface area contributed by atoms with Gasteiger partial charge in [-0.05, 0) is 70.6 Å². The fourth-order valence-electron chi connectivity index (χ4n) is 6.24. The zero-order valence-corrected chi connectivity index (χ0v) is 40.8. The first-order valence-corrected chi connectivity index (χ1v) is 25.8. The molecule has 0 rings (SSSR count). The highest BCUT2D eigenvalue weighted by Crippen LogP contribution is 2.43. The molecule has 0 amide bonds. The van der Waals surface area contributed by atoms with Crippen LogP contribution in [0.4, 0.5) is 0 Å². The van der Waals surface area contributed by atoms with Crippen molar-refractivity contribution < 1.29 is 37.3 Å². The van der Waals surface area contributed by atoms with E-state index in [-0.39, 0.29) is 25.8 Å². The van der Waals surface area contributed by atoms with Gasteiger partial charge in [0.25, 0.3) is 0 Å². The highest BCUT2D eigenvalue weighted by molar-refractivity contribution is 7.47. The van der Waals surface area contributed by atoms with E-state index in [2.05, 4.69) is 98.9 Å². The lowest BCUT2D eigenvalue weighted by Crippen LogP contribution is -2.37. The molecule has 0 heterocycles. The molecule has 352 valence electrons. The van der Waals surface area contributed by atoms with Crippen LogP contribution in [-0.2, 0) is 27.9 Å². The van der Waals surface area contributed by atoms with Gasteiger partial charge in [0.2, 0.25) is 0 Å². The second-order valence-corrected chi connectivity index (χ2v) is 18.6. The quantitative estimate of drug-likeness (QED) is 0.0214. The number of phosphoric ester groups is 1. The summed E-state index contributed by atoms with van der Waals surface area (Å²) >= 11 is 0. The van der Waals surface area contributed by atoms with Crippen molar-refractivity contribution in [1.29, 1.82) is 0 Å². The standard InChI is InChI=1S/C52H92NO7P/c1-6-8-10-12-14-16-18-20-22-23-24-25-26-27-28-29-30-32-34-36-38-40-42-44-47-57-49-51(50-59-61(55,56)58-48-46-53(3,4)5)60-52(54)45-43-41-39-37-35-33-31-21-19-17-15-13-11-9-7-2/h8,10,14,16,20,22,24-25,27-28,30,32,36,38,51H,6-7,9,11-13,15,17-19,21,23,26,29,31,33-35,37,39-50H2,1-5H3/p+1/b10-8-,16-14-,22-20-,25-24-,28-27-,32-30-,38-36-. The number of rotatable bonds is 44. The molecule has 0 radical (unpaired) electrons. The summed E-state index contributed by atoms with van der Waals surface area (Å²) in [6.45, 7) is 5.39. The SMILES string of the molecule is CC/C=C\C/C=C\C/C=C\C/C=C\C/C=C\C/C=C\C/C=C\CCCCOCC(COP(=O)(O)OCC[N+](C)(C)C)OC(=O)CCCCCCCCCCCCCCCCC. The van der Waals surface area contributed by atoms with E-state index < -0.39 is 13.9 Å². The highest BCUT2D eigenvalue weighted by Gasteiger charge is 2.26. The summed E-state index contributed by atoms with van der Waals surface area (Å²) in [6.07, 6.45) is 59.2. The summed E-state index contributed by atoms with van der Waals surface area (Å²) < 4.78 is 35.0. The van der Waals surface area contributed by atoms with Crippen molar-refractivity contribution in [2.75, 3.05) is 54.1 Å². The third-order valence-electron chi connectivity index (χ3n) is 9.97. The van der Waals surface area contributed by atoms with Crippen molar-refractivity contribution in [2.45, 2.75) is 187 Å². The second-order valence-electron chi connectivity index (χ2n) is 17.1. The summed E-state index contributed by atoms with van der Waals surface area (Å²) in [5, 5.41) is 0. The number of nitrogens with zero attached hydrogens (tertiary/aromatic N) is 1. The van der Waals surface area contributed by atoms with Gasteiger partial charge in [0.1, 0.15) is 19.3 Å². The van der Waals surface area contributed by atoms with Crippen LogP contribution < -0.4 is 0 Å². The Morgan fingerprint density at radius 2 is 0.951 bits per heavy atom. The predicted molar refractivity (Wildman–Crippen MR) is 261 cm³/mol. The minimum atomic E-state index is -4.29. The number of phosphoric acid groups is 1. The number of esters is 1. The van der Waals surface area contributed by atoms with Crippen LogP contribution in [0, 0.1) is 0 Å². The Balaban J connectivity index is 4.28. The van der Waals surface area contributed by atoms with Crippen molar-refractivity contribution in [3.8, 4) is 0 Å². The normalized spacial score (nSPS) is 14.4. The number of likely N-dealkylation sites (N-methyl/N-ethyl adjacent to an activating group) is 1. The average molecular weight is 875 g/mol. The minimum absolute atomic E-state index is 0.0766. The van der Waals surface area contributed by atoms with Crippen molar-refractivity contribution >= 4 is 13.8 Å². The first-order chi connectivity index (χ1) is 29.6. The van der Waals surface area contributed by atoms with Gasteiger partial charge in [0, 0.05) is 13.0 Å². The van der Waals surface area contributed by atoms with E-state index >= 15 is 0 Å². The van der Waals surface area contributed by atoms with Gasteiger partial charge < -0.3 is 18.9 Å². The Kier molecular flexibility index (Phi) is 42.6. The first kappa shape index (κ1) is 58.7. The van der Waals surface area contributed by atoms with E-state index in [1.807, 2.05) is 21.1 Å². The molecule has 0 saturated carbocycles. The van der Waals surface area contributed by atoms with Crippen LogP contribution in [0.5, 0.6) is 0 Å². The lowest BCUT2D eigenvalue weighted by molar-refractivity contribution is -0.870. The van der Waals surface area contributed by atoms with Gasteiger partial charge in [-0.3, -0.25) is 13.8 Å². The van der Waals surface area contributed by atoms with Crippen LogP contribution in [0.3, 0.4) is 0 Å². The third kappa shape index (κ3) is 48.6. The van der Waals surface area contributed by atoms with Crippen LogP contribution >= 0.6 is 7.82 Å². The van der Waals surface area contributed by atoms with E-state index in [1.54, 1.807) is 0 Å². The van der Waals surface area contributed by atoms with E-state index in [4.69, 9.17) is 18.5 Å².